The molecule has 5 nitrogen and oxygen atoms in total. The Morgan fingerprint density at radius 2 is 1.80 bits per heavy atom. The van der Waals surface area contributed by atoms with Crippen LogP contribution in [0.3, 0.4) is 0 Å². The first-order chi connectivity index (χ1) is 9.67. The van der Waals surface area contributed by atoms with E-state index >= 15 is 0 Å². The highest BCUT2D eigenvalue weighted by atomic mass is 16.5. The summed E-state index contributed by atoms with van der Waals surface area (Å²) in [7, 11) is 0. The number of aromatic nitrogens is 2. The first-order valence-corrected chi connectivity index (χ1v) is 6.77. The van der Waals surface area contributed by atoms with Gasteiger partial charge in [0.15, 0.2) is 0 Å². The molecule has 0 radical (unpaired) electrons. The smallest absolute Gasteiger partial charge is 0.135 e. The quantitative estimate of drug-likeness (QED) is 0.843. The fraction of sp³-hybridized carbons (Fsp3) is 0.333. The molecule has 2 rings (SSSR count). The normalized spacial score (nSPS) is 10.4. The summed E-state index contributed by atoms with van der Waals surface area (Å²) in [5, 5.41) is 6.39. The number of nitrogens with zero attached hydrogens (tertiary/aromatic N) is 2. The molecule has 0 amide bonds. The molecule has 0 unspecified atom stereocenters. The van der Waals surface area contributed by atoms with Crippen molar-refractivity contribution in [3.63, 3.8) is 0 Å². The zero-order valence-electron chi connectivity index (χ0n) is 12.1. The summed E-state index contributed by atoms with van der Waals surface area (Å²) in [5.74, 6) is 2.43. The minimum absolute atomic E-state index is 0.179. The molecule has 20 heavy (non-hydrogen) atoms. The molecule has 0 atom stereocenters. The molecule has 106 valence electrons. The maximum Gasteiger partial charge on any atom is 0.135 e. The summed E-state index contributed by atoms with van der Waals surface area (Å²) in [6.07, 6.45) is 1.72. The van der Waals surface area contributed by atoms with Gasteiger partial charge >= 0.3 is 0 Å². The average molecular weight is 272 g/mol. The Morgan fingerprint density at radius 1 is 1.10 bits per heavy atom. The van der Waals surface area contributed by atoms with Crippen LogP contribution in [-0.4, -0.2) is 22.6 Å². The van der Waals surface area contributed by atoms with Crippen LogP contribution in [0.4, 0.5) is 17.3 Å². The zero-order valence-corrected chi connectivity index (χ0v) is 12.1. The van der Waals surface area contributed by atoms with E-state index in [2.05, 4.69) is 20.6 Å². The Balaban J connectivity index is 2.04. The Hall–Kier alpha value is -2.30. The molecule has 1 aromatic carbocycles. The summed E-state index contributed by atoms with van der Waals surface area (Å²) >= 11 is 0. The molecular formula is C15H20N4O. The average Bonchev–Trinajstić information content (AvgIpc) is 2.41. The number of hydrogen-bond acceptors (Lipinski definition) is 5. The van der Waals surface area contributed by atoms with Gasteiger partial charge < -0.3 is 15.4 Å². The van der Waals surface area contributed by atoms with Gasteiger partial charge in [0.2, 0.25) is 0 Å². The molecule has 0 aliphatic carbocycles. The summed E-state index contributed by atoms with van der Waals surface area (Å²) in [4.78, 5) is 8.33. The highest BCUT2D eigenvalue weighted by Gasteiger charge is 2.01. The Bertz CT molecular complexity index is 540. The van der Waals surface area contributed by atoms with E-state index < -0.39 is 0 Å². The molecule has 0 aliphatic rings. The molecule has 0 fully saturated rings. The van der Waals surface area contributed by atoms with E-state index in [1.165, 1.54) is 6.33 Å². The van der Waals surface area contributed by atoms with Crippen LogP contribution in [-0.2, 0) is 0 Å². The molecule has 2 N–H and O–H groups in total. The van der Waals surface area contributed by atoms with Gasteiger partial charge in [-0.1, -0.05) is 0 Å². The van der Waals surface area contributed by atoms with Crippen LogP contribution >= 0.6 is 0 Å². The lowest BCUT2D eigenvalue weighted by Crippen LogP contribution is -2.05. The van der Waals surface area contributed by atoms with E-state index in [0.29, 0.717) is 0 Å². The van der Waals surface area contributed by atoms with Crippen molar-refractivity contribution in [2.24, 2.45) is 0 Å². The van der Waals surface area contributed by atoms with Crippen LogP contribution in [0.15, 0.2) is 36.7 Å². The van der Waals surface area contributed by atoms with Gasteiger partial charge in [-0.2, -0.15) is 0 Å². The topological polar surface area (TPSA) is 59.1 Å². The number of rotatable bonds is 6. The zero-order chi connectivity index (χ0) is 14.4. The standard InChI is InChI=1S/C15H20N4O/c1-4-16-14-9-15(18-10-17-14)19-12-5-7-13(8-6-12)20-11(2)3/h5-11H,4H2,1-3H3,(H2,16,17,18,19). The van der Waals surface area contributed by atoms with Gasteiger partial charge in [-0.15, -0.1) is 0 Å². The molecule has 1 heterocycles. The van der Waals surface area contributed by atoms with E-state index in [0.717, 1.165) is 29.6 Å². The maximum absolute atomic E-state index is 5.61. The number of hydrogen-bond donors (Lipinski definition) is 2. The predicted molar refractivity (Wildman–Crippen MR) is 81.7 cm³/mol. The summed E-state index contributed by atoms with van der Waals surface area (Å²) in [6.45, 7) is 6.88. The molecule has 2 aromatic rings. The number of anilines is 3. The summed E-state index contributed by atoms with van der Waals surface area (Å²) in [6, 6.07) is 9.69. The van der Waals surface area contributed by atoms with E-state index in [4.69, 9.17) is 4.74 Å². The van der Waals surface area contributed by atoms with Gasteiger partial charge in [0.1, 0.15) is 23.7 Å². The third-order valence-electron chi connectivity index (χ3n) is 2.52. The van der Waals surface area contributed by atoms with Crippen LogP contribution in [0.2, 0.25) is 0 Å². The van der Waals surface area contributed by atoms with Crippen LogP contribution in [0.25, 0.3) is 0 Å². The third-order valence-corrected chi connectivity index (χ3v) is 2.52. The van der Waals surface area contributed by atoms with Gasteiger partial charge in [-0.05, 0) is 45.0 Å². The monoisotopic (exact) mass is 272 g/mol. The van der Waals surface area contributed by atoms with Gasteiger partial charge in [-0.3, -0.25) is 0 Å². The summed E-state index contributed by atoms with van der Waals surface area (Å²) < 4.78 is 5.61. The van der Waals surface area contributed by atoms with Crippen molar-refractivity contribution in [1.29, 1.82) is 0 Å². The van der Waals surface area contributed by atoms with E-state index in [9.17, 15) is 0 Å². The molecular weight excluding hydrogens is 252 g/mol. The fourth-order valence-electron chi connectivity index (χ4n) is 1.74. The van der Waals surface area contributed by atoms with E-state index in [1.54, 1.807) is 0 Å². The Kier molecular flexibility index (Phi) is 4.76. The van der Waals surface area contributed by atoms with Crippen molar-refractivity contribution in [1.82, 2.24) is 9.97 Å². The lowest BCUT2D eigenvalue weighted by Gasteiger charge is -2.11. The summed E-state index contributed by atoms with van der Waals surface area (Å²) in [5.41, 5.74) is 0.960. The van der Waals surface area contributed by atoms with Crippen molar-refractivity contribution in [3.8, 4) is 5.75 Å². The minimum atomic E-state index is 0.179. The lowest BCUT2D eigenvalue weighted by molar-refractivity contribution is 0.242. The van der Waals surface area contributed by atoms with E-state index in [-0.39, 0.29) is 6.10 Å². The van der Waals surface area contributed by atoms with Crippen LogP contribution in [0.1, 0.15) is 20.8 Å². The van der Waals surface area contributed by atoms with Crippen LogP contribution < -0.4 is 15.4 Å². The maximum atomic E-state index is 5.61. The number of benzene rings is 1. The van der Waals surface area contributed by atoms with Gasteiger partial charge in [0.05, 0.1) is 6.10 Å². The van der Waals surface area contributed by atoms with Crippen molar-refractivity contribution >= 4 is 17.3 Å². The highest BCUT2D eigenvalue weighted by molar-refractivity contribution is 5.59. The van der Waals surface area contributed by atoms with Gasteiger partial charge in [0, 0.05) is 18.3 Å². The third kappa shape index (κ3) is 4.12. The van der Waals surface area contributed by atoms with Crippen LogP contribution in [0, 0.1) is 0 Å². The van der Waals surface area contributed by atoms with E-state index in [1.807, 2.05) is 51.1 Å². The largest absolute Gasteiger partial charge is 0.491 e. The van der Waals surface area contributed by atoms with Crippen molar-refractivity contribution in [2.45, 2.75) is 26.9 Å². The number of ether oxygens (including phenoxy) is 1. The molecule has 0 aliphatic heterocycles. The van der Waals surface area contributed by atoms with Crippen molar-refractivity contribution in [3.05, 3.63) is 36.7 Å². The second kappa shape index (κ2) is 6.75. The Labute approximate surface area is 119 Å². The predicted octanol–water partition coefficient (Wildman–Crippen LogP) is 3.44. The SMILES string of the molecule is CCNc1cc(Nc2ccc(OC(C)C)cc2)ncn1. The molecule has 1 aromatic heterocycles. The first kappa shape index (κ1) is 14.1. The van der Waals surface area contributed by atoms with Crippen molar-refractivity contribution in [2.75, 3.05) is 17.2 Å². The van der Waals surface area contributed by atoms with Gasteiger partial charge in [0.25, 0.3) is 0 Å². The highest BCUT2D eigenvalue weighted by Crippen LogP contribution is 2.20. The molecule has 5 heteroatoms. The van der Waals surface area contributed by atoms with Gasteiger partial charge in [-0.25, -0.2) is 9.97 Å². The molecule has 0 saturated heterocycles. The number of nitrogens with one attached hydrogen (secondary N) is 2. The molecule has 0 bridgehead atoms. The van der Waals surface area contributed by atoms with Crippen LogP contribution in [0.5, 0.6) is 5.75 Å². The second-order valence-corrected chi connectivity index (χ2v) is 4.63. The second-order valence-electron chi connectivity index (χ2n) is 4.63. The Morgan fingerprint density at radius 3 is 2.45 bits per heavy atom. The minimum Gasteiger partial charge on any atom is -0.491 e. The lowest BCUT2D eigenvalue weighted by atomic mass is 10.3. The molecule has 0 saturated carbocycles. The fourth-order valence-corrected chi connectivity index (χ4v) is 1.74. The van der Waals surface area contributed by atoms with Crippen molar-refractivity contribution < 1.29 is 4.74 Å². The molecule has 0 spiro atoms. The first-order valence-electron chi connectivity index (χ1n) is 6.77.